The number of carbonyl (C=O) groups is 4. The molecule has 2 heterocycles. The highest BCUT2D eigenvalue weighted by molar-refractivity contribution is 8.01. The molecular weight excluding hydrogens is 406 g/mol. The number of rotatable bonds is 6. The van der Waals surface area contributed by atoms with Crippen molar-refractivity contribution in [3.63, 3.8) is 0 Å². The Bertz CT molecular complexity index is 900. The van der Waals surface area contributed by atoms with E-state index in [4.69, 9.17) is 5.11 Å². The van der Waals surface area contributed by atoms with E-state index in [1.165, 1.54) is 6.92 Å². The van der Waals surface area contributed by atoms with E-state index < -0.39 is 40.7 Å². The largest absolute Gasteiger partial charge is 0.480 e. The second-order valence-electron chi connectivity index (χ2n) is 8.57. The summed E-state index contributed by atoms with van der Waals surface area (Å²) in [6.07, 6.45) is 0. The summed E-state index contributed by atoms with van der Waals surface area (Å²) in [5.41, 5.74) is 1.49. The maximum absolute atomic E-state index is 13.3. The molecule has 8 nitrogen and oxygen atoms in total. The van der Waals surface area contributed by atoms with Crippen LogP contribution in [-0.4, -0.2) is 56.6 Å². The first-order chi connectivity index (χ1) is 14.0. The molecule has 3 amide bonds. The lowest BCUT2D eigenvalue weighted by atomic mass is 9.98. The number of carboxylic acids is 1. The smallest absolute Gasteiger partial charge is 0.325 e. The second kappa shape index (κ2) is 7.94. The molecule has 0 aromatic heterocycles. The van der Waals surface area contributed by atoms with Crippen molar-refractivity contribution in [3.05, 3.63) is 35.4 Å². The molecule has 1 aromatic rings. The standard InChI is InChI=1S/C21H27N3O5S/c1-10(2)14(16(25)22-11(3)20(28)29)23-17(26)15-21(4,5)30-19-13-9-7-6-8-12(13)18(27)24(15)19/h6-11,14-15,19H,1-5H3,(H,22,25)(H,23,26)(H,28,29)/t11-,14+,15-,19+/m1/s1. The summed E-state index contributed by atoms with van der Waals surface area (Å²) in [5.74, 6) is -2.61. The molecule has 1 aromatic carbocycles. The average Bonchev–Trinajstić information content (AvgIpc) is 3.09. The first-order valence-electron chi connectivity index (χ1n) is 9.88. The first-order valence-corrected chi connectivity index (χ1v) is 10.8. The normalized spacial score (nSPS) is 23.5. The lowest BCUT2D eigenvalue weighted by molar-refractivity contribution is -0.142. The molecule has 2 aliphatic rings. The second-order valence-corrected chi connectivity index (χ2v) is 10.3. The van der Waals surface area contributed by atoms with Gasteiger partial charge in [-0.25, -0.2) is 0 Å². The van der Waals surface area contributed by atoms with Gasteiger partial charge >= 0.3 is 5.97 Å². The van der Waals surface area contributed by atoms with Crippen LogP contribution in [0.15, 0.2) is 24.3 Å². The van der Waals surface area contributed by atoms with Crippen LogP contribution in [0.2, 0.25) is 0 Å². The number of amides is 3. The van der Waals surface area contributed by atoms with Crippen LogP contribution in [0.3, 0.4) is 0 Å². The van der Waals surface area contributed by atoms with Crippen LogP contribution in [0.1, 0.15) is 55.9 Å². The molecule has 0 aliphatic carbocycles. The third kappa shape index (κ3) is 3.78. The molecule has 2 aliphatic heterocycles. The summed E-state index contributed by atoms with van der Waals surface area (Å²) in [6.45, 7) is 8.72. The van der Waals surface area contributed by atoms with Gasteiger partial charge in [-0.05, 0) is 38.3 Å². The summed E-state index contributed by atoms with van der Waals surface area (Å²) in [5, 5.41) is 14.0. The van der Waals surface area contributed by atoms with Gasteiger partial charge in [-0.3, -0.25) is 19.2 Å². The number of hydrogen-bond donors (Lipinski definition) is 3. The Morgan fingerprint density at radius 3 is 2.37 bits per heavy atom. The van der Waals surface area contributed by atoms with Gasteiger partial charge in [0.15, 0.2) is 0 Å². The molecule has 3 rings (SSSR count). The van der Waals surface area contributed by atoms with E-state index in [9.17, 15) is 19.2 Å². The van der Waals surface area contributed by atoms with Crippen molar-refractivity contribution in [3.8, 4) is 0 Å². The summed E-state index contributed by atoms with van der Waals surface area (Å²) < 4.78 is -0.565. The van der Waals surface area contributed by atoms with Gasteiger partial charge in [0.25, 0.3) is 5.91 Å². The Labute approximate surface area is 179 Å². The van der Waals surface area contributed by atoms with Crippen LogP contribution in [0.25, 0.3) is 0 Å². The van der Waals surface area contributed by atoms with Gasteiger partial charge in [0.2, 0.25) is 11.8 Å². The lowest BCUT2D eigenvalue weighted by Crippen LogP contribution is -2.59. The number of nitrogens with zero attached hydrogens (tertiary/aromatic N) is 1. The minimum atomic E-state index is -1.16. The number of aliphatic carboxylic acids is 1. The van der Waals surface area contributed by atoms with Crippen LogP contribution in [-0.2, 0) is 14.4 Å². The molecule has 0 saturated carbocycles. The predicted octanol–water partition coefficient (Wildman–Crippen LogP) is 1.77. The van der Waals surface area contributed by atoms with Crippen LogP contribution in [0, 0.1) is 5.92 Å². The number of carbonyl (C=O) groups excluding carboxylic acids is 3. The fourth-order valence-corrected chi connectivity index (χ4v) is 5.53. The Hall–Kier alpha value is -2.55. The molecule has 9 heteroatoms. The Morgan fingerprint density at radius 2 is 1.77 bits per heavy atom. The predicted molar refractivity (Wildman–Crippen MR) is 113 cm³/mol. The van der Waals surface area contributed by atoms with Crippen molar-refractivity contribution in [2.24, 2.45) is 5.92 Å². The van der Waals surface area contributed by atoms with Crippen LogP contribution in [0.4, 0.5) is 0 Å². The Kier molecular flexibility index (Phi) is 5.86. The molecule has 0 unspecified atom stereocenters. The van der Waals surface area contributed by atoms with E-state index in [1.54, 1.807) is 42.6 Å². The number of nitrogens with one attached hydrogen (secondary N) is 2. The van der Waals surface area contributed by atoms with Crippen molar-refractivity contribution in [1.29, 1.82) is 0 Å². The van der Waals surface area contributed by atoms with Gasteiger partial charge in [-0.15, -0.1) is 11.8 Å². The van der Waals surface area contributed by atoms with E-state index in [-0.39, 0.29) is 17.2 Å². The highest BCUT2D eigenvalue weighted by Crippen LogP contribution is 2.56. The van der Waals surface area contributed by atoms with E-state index in [0.717, 1.165) is 5.56 Å². The highest BCUT2D eigenvalue weighted by atomic mass is 32.2. The maximum Gasteiger partial charge on any atom is 0.325 e. The average molecular weight is 434 g/mol. The Morgan fingerprint density at radius 1 is 1.13 bits per heavy atom. The molecule has 162 valence electrons. The summed E-state index contributed by atoms with van der Waals surface area (Å²) >= 11 is 1.55. The minimum Gasteiger partial charge on any atom is -0.480 e. The van der Waals surface area contributed by atoms with Crippen LogP contribution >= 0.6 is 11.8 Å². The lowest BCUT2D eigenvalue weighted by Gasteiger charge is -2.32. The number of benzene rings is 1. The third-order valence-electron chi connectivity index (χ3n) is 5.52. The van der Waals surface area contributed by atoms with Crippen LogP contribution in [0.5, 0.6) is 0 Å². The van der Waals surface area contributed by atoms with Gasteiger partial charge < -0.3 is 20.6 Å². The minimum absolute atomic E-state index is 0.195. The van der Waals surface area contributed by atoms with Crippen molar-refractivity contribution >= 4 is 35.5 Å². The highest BCUT2D eigenvalue weighted by Gasteiger charge is 2.57. The first kappa shape index (κ1) is 22.1. The molecule has 0 spiro atoms. The van der Waals surface area contributed by atoms with E-state index in [0.29, 0.717) is 5.56 Å². The van der Waals surface area contributed by atoms with Gasteiger partial charge in [0.05, 0.1) is 0 Å². The van der Waals surface area contributed by atoms with Gasteiger partial charge in [0.1, 0.15) is 23.5 Å². The molecule has 1 fully saturated rings. The SMILES string of the molecule is CC(C)[C@H](NC(=O)[C@H]1N2C(=O)c3ccccc3[C@@H]2SC1(C)C)C(=O)N[C@H](C)C(=O)O. The fourth-order valence-electron chi connectivity index (χ4n) is 3.94. The number of fused-ring (bicyclic) bond motifs is 3. The van der Waals surface area contributed by atoms with E-state index in [1.807, 2.05) is 26.0 Å². The zero-order valence-corrected chi connectivity index (χ0v) is 18.4. The summed E-state index contributed by atoms with van der Waals surface area (Å²) in [4.78, 5) is 51.6. The van der Waals surface area contributed by atoms with Gasteiger partial charge in [-0.1, -0.05) is 32.0 Å². The summed E-state index contributed by atoms with van der Waals surface area (Å²) in [7, 11) is 0. The molecule has 4 atom stereocenters. The zero-order chi connectivity index (χ0) is 22.4. The van der Waals surface area contributed by atoms with Crippen molar-refractivity contribution in [2.45, 2.75) is 62.9 Å². The van der Waals surface area contributed by atoms with E-state index >= 15 is 0 Å². The molecular formula is C21H27N3O5S. The fraction of sp³-hybridized carbons (Fsp3) is 0.524. The van der Waals surface area contributed by atoms with Gasteiger partial charge in [0, 0.05) is 10.3 Å². The number of hydrogen-bond acceptors (Lipinski definition) is 5. The van der Waals surface area contributed by atoms with Crippen molar-refractivity contribution < 1.29 is 24.3 Å². The Balaban J connectivity index is 1.84. The maximum atomic E-state index is 13.3. The third-order valence-corrected chi connectivity index (χ3v) is 7.06. The molecule has 1 saturated heterocycles. The monoisotopic (exact) mass is 433 g/mol. The molecule has 30 heavy (non-hydrogen) atoms. The van der Waals surface area contributed by atoms with Crippen molar-refractivity contribution in [2.75, 3.05) is 0 Å². The van der Waals surface area contributed by atoms with E-state index in [2.05, 4.69) is 10.6 Å². The zero-order valence-electron chi connectivity index (χ0n) is 17.6. The number of carboxylic acid groups (broad SMARTS) is 1. The quantitative estimate of drug-likeness (QED) is 0.630. The number of thioether (sulfide) groups is 1. The van der Waals surface area contributed by atoms with Gasteiger partial charge in [-0.2, -0.15) is 0 Å². The molecule has 3 N–H and O–H groups in total. The summed E-state index contributed by atoms with van der Waals surface area (Å²) in [6, 6.07) is 4.58. The molecule has 0 radical (unpaired) electrons. The molecule has 0 bridgehead atoms. The van der Waals surface area contributed by atoms with Crippen LogP contribution < -0.4 is 10.6 Å². The topological polar surface area (TPSA) is 116 Å². The van der Waals surface area contributed by atoms with Crippen molar-refractivity contribution in [1.82, 2.24) is 15.5 Å².